The van der Waals surface area contributed by atoms with Gasteiger partial charge in [-0.15, -0.1) is 0 Å². The van der Waals surface area contributed by atoms with Crippen molar-refractivity contribution in [3.8, 4) is 0 Å². The highest BCUT2D eigenvalue weighted by molar-refractivity contribution is 4.77. The highest BCUT2D eigenvalue weighted by Gasteiger charge is 2.22. The van der Waals surface area contributed by atoms with Gasteiger partial charge in [-0.1, -0.05) is 19.3 Å². The summed E-state index contributed by atoms with van der Waals surface area (Å²) in [6, 6.07) is 0.361. The first kappa shape index (κ1) is 11.0. The quantitative estimate of drug-likeness (QED) is 0.504. The number of ether oxygens (including phenoxy) is 1. The molecular formula is C10H22N2O. The monoisotopic (exact) mass is 186 g/mol. The molecule has 1 aliphatic rings. The number of nitrogens with one attached hydrogen (secondary N) is 1. The van der Waals surface area contributed by atoms with E-state index in [9.17, 15) is 0 Å². The average molecular weight is 186 g/mol. The fraction of sp³-hybridized carbons (Fsp3) is 1.00. The van der Waals surface area contributed by atoms with Crippen LogP contribution in [0.5, 0.6) is 0 Å². The van der Waals surface area contributed by atoms with Crippen LogP contribution >= 0.6 is 0 Å². The molecule has 1 rings (SSSR count). The van der Waals surface area contributed by atoms with E-state index in [0.29, 0.717) is 6.04 Å². The minimum atomic E-state index is 0.361. The molecule has 0 radical (unpaired) electrons. The second-order valence-electron chi connectivity index (χ2n) is 3.83. The van der Waals surface area contributed by atoms with Gasteiger partial charge in [0.25, 0.3) is 0 Å². The summed E-state index contributed by atoms with van der Waals surface area (Å²) in [5.74, 6) is 6.24. The smallest absolute Gasteiger partial charge is 0.0635 e. The van der Waals surface area contributed by atoms with Crippen molar-refractivity contribution in [1.82, 2.24) is 5.43 Å². The van der Waals surface area contributed by atoms with Gasteiger partial charge in [0, 0.05) is 12.6 Å². The lowest BCUT2D eigenvalue weighted by Crippen LogP contribution is -2.44. The second kappa shape index (κ2) is 6.35. The van der Waals surface area contributed by atoms with E-state index in [1.807, 2.05) is 6.92 Å². The fourth-order valence-electron chi connectivity index (χ4n) is 2.10. The molecule has 13 heavy (non-hydrogen) atoms. The van der Waals surface area contributed by atoms with Gasteiger partial charge < -0.3 is 4.74 Å². The van der Waals surface area contributed by atoms with Crippen LogP contribution in [-0.4, -0.2) is 19.3 Å². The molecule has 0 aromatic carbocycles. The number of hydrazine groups is 1. The molecule has 3 nitrogen and oxygen atoms in total. The van der Waals surface area contributed by atoms with Crippen LogP contribution in [0.3, 0.4) is 0 Å². The van der Waals surface area contributed by atoms with Crippen LogP contribution in [0.25, 0.3) is 0 Å². The Kier molecular flexibility index (Phi) is 5.35. The Morgan fingerprint density at radius 3 is 2.62 bits per heavy atom. The van der Waals surface area contributed by atoms with Crippen LogP contribution in [0.1, 0.15) is 39.0 Å². The van der Waals surface area contributed by atoms with Crippen LogP contribution in [0.4, 0.5) is 0 Å². The van der Waals surface area contributed by atoms with E-state index in [0.717, 1.165) is 19.1 Å². The first-order chi connectivity index (χ1) is 6.38. The van der Waals surface area contributed by atoms with Gasteiger partial charge in [0.05, 0.1) is 6.61 Å². The maximum Gasteiger partial charge on any atom is 0.0635 e. The molecule has 78 valence electrons. The largest absolute Gasteiger partial charge is 0.380 e. The second-order valence-corrected chi connectivity index (χ2v) is 3.83. The number of nitrogens with two attached hydrogens (primary N) is 1. The Balaban J connectivity index is 2.26. The highest BCUT2D eigenvalue weighted by atomic mass is 16.5. The van der Waals surface area contributed by atoms with Gasteiger partial charge in [-0.2, -0.15) is 0 Å². The molecule has 0 aromatic heterocycles. The van der Waals surface area contributed by atoms with E-state index in [4.69, 9.17) is 10.6 Å². The van der Waals surface area contributed by atoms with Crippen LogP contribution in [-0.2, 0) is 4.74 Å². The van der Waals surface area contributed by atoms with Crippen molar-refractivity contribution >= 4 is 0 Å². The molecule has 1 saturated carbocycles. The molecule has 1 aliphatic carbocycles. The summed E-state index contributed by atoms with van der Waals surface area (Å²) < 4.78 is 5.40. The Hall–Kier alpha value is -0.120. The zero-order valence-electron chi connectivity index (χ0n) is 8.59. The van der Waals surface area contributed by atoms with Crippen LogP contribution in [0.15, 0.2) is 0 Å². The predicted octanol–water partition coefficient (Wildman–Crippen LogP) is 1.44. The number of rotatable bonds is 5. The summed E-state index contributed by atoms with van der Waals surface area (Å²) in [4.78, 5) is 0. The Morgan fingerprint density at radius 1 is 1.38 bits per heavy atom. The van der Waals surface area contributed by atoms with Gasteiger partial charge >= 0.3 is 0 Å². The summed E-state index contributed by atoms with van der Waals surface area (Å²) in [6.45, 7) is 3.57. The van der Waals surface area contributed by atoms with Crippen molar-refractivity contribution in [3.63, 3.8) is 0 Å². The molecule has 0 bridgehead atoms. The maximum atomic E-state index is 5.51. The molecule has 0 aromatic rings. The summed E-state index contributed by atoms with van der Waals surface area (Å²) in [7, 11) is 0. The third-order valence-corrected chi connectivity index (χ3v) is 2.93. The Labute approximate surface area is 81.0 Å². The van der Waals surface area contributed by atoms with Gasteiger partial charge in [-0.05, 0) is 25.7 Å². The highest BCUT2D eigenvalue weighted by Crippen LogP contribution is 2.26. The van der Waals surface area contributed by atoms with Crippen molar-refractivity contribution in [2.45, 2.75) is 45.1 Å². The van der Waals surface area contributed by atoms with Crippen LogP contribution in [0.2, 0.25) is 0 Å². The maximum absolute atomic E-state index is 5.51. The predicted molar refractivity (Wildman–Crippen MR) is 54.2 cm³/mol. The van der Waals surface area contributed by atoms with Crippen molar-refractivity contribution in [2.24, 2.45) is 11.8 Å². The normalized spacial score (nSPS) is 21.7. The third-order valence-electron chi connectivity index (χ3n) is 2.93. The van der Waals surface area contributed by atoms with E-state index in [1.54, 1.807) is 0 Å². The van der Waals surface area contributed by atoms with Crippen molar-refractivity contribution in [2.75, 3.05) is 13.2 Å². The first-order valence-corrected chi connectivity index (χ1v) is 5.42. The number of hydrogen-bond acceptors (Lipinski definition) is 3. The minimum absolute atomic E-state index is 0.361. The van der Waals surface area contributed by atoms with Gasteiger partial charge in [0.2, 0.25) is 0 Å². The molecule has 3 N–H and O–H groups in total. The van der Waals surface area contributed by atoms with E-state index >= 15 is 0 Å². The minimum Gasteiger partial charge on any atom is -0.380 e. The lowest BCUT2D eigenvalue weighted by atomic mass is 9.84. The molecular weight excluding hydrogens is 164 g/mol. The molecule has 0 amide bonds. The van der Waals surface area contributed by atoms with E-state index in [1.165, 1.54) is 32.1 Å². The van der Waals surface area contributed by atoms with Crippen molar-refractivity contribution in [3.05, 3.63) is 0 Å². The van der Waals surface area contributed by atoms with Crippen molar-refractivity contribution < 1.29 is 4.74 Å². The molecule has 0 saturated heterocycles. The summed E-state index contributed by atoms with van der Waals surface area (Å²) >= 11 is 0. The molecule has 3 heteroatoms. The molecule has 0 heterocycles. The zero-order chi connectivity index (χ0) is 9.52. The topological polar surface area (TPSA) is 47.3 Å². The van der Waals surface area contributed by atoms with E-state index in [2.05, 4.69) is 5.43 Å². The first-order valence-electron chi connectivity index (χ1n) is 5.42. The third kappa shape index (κ3) is 3.63. The summed E-state index contributed by atoms with van der Waals surface area (Å²) in [5, 5.41) is 0. The Bertz CT molecular complexity index is 124. The van der Waals surface area contributed by atoms with E-state index in [-0.39, 0.29) is 0 Å². The standard InChI is InChI=1S/C10H22N2O/c1-2-13-8-10(12-11)9-6-4-3-5-7-9/h9-10,12H,2-8,11H2,1H3. The SMILES string of the molecule is CCOCC(NN)C1CCCCC1. The summed E-state index contributed by atoms with van der Waals surface area (Å²) in [5.41, 5.74) is 2.88. The zero-order valence-corrected chi connectivity index (χ0v) is 8.59. The van der Waals surface area contributed by atoms with Gasteiger partial charge in [-0.25, -0.2) is 0 Å². The van der Waals surface area contributed by atoms with Gasteiger partial charge in [0.15, 0.2) is 0 Å². The van der Waals surface area contributed by atoms with Gasteiger partial charge in [-0.3, -0.25) is 11.3 Å². The van der Waals surface area contributed by atoms with E-state index < -0.39 is 0 Å². The fourth-order valence-corrected chi connectivity index (χ4v) is 2.10. The molecule has 0 aliphatic heterocycles. The van der Waals surface area contributed by atoms with Crippen LogP contribution < -0.4 is 11.3 Å². The lowest BCUT2D eigenvalue weighted by molar-refractivity contribution is 0.0932. The lowest BCUT2D eigenvalue weighted by Gasteiger charge is -2.29. The van der Waals surface area contributed by atoms with Gasteiger partial charge in [0.1, 0.15) is 0 Å². The Morgan fingerprint density at radius 2 is 2.08 bits per heavy atom. The van der Waals surface area contributed by atoms with Crippen molar-refractivity contribution in [1.29, 1.82) is 0 Å². The average Bonchev–Trinajstić information content (AvgIpc) is 2.21. The molecule has 0 spiro atoms. The molecule has 1 unspecified atom stereocenters. The summed E-state index contributed by atoms with van der Waals surface area (Å²) in [6.07, 6.45) is 6.72. The molecule has 1 atom stereocenters. The van der Waals surface area contributed by atoms with Crippen LogP contribution in [0, 0.1) is 5.92 Å². The number of hydrogen-bond donors (Lipinski definition) is 2. The molecule has 1 fully saturated rings.